The molecule has 0 bridgehead atoms. The molecule has 1 atom stereocenters. The first-order valence-corrected chi connectivity index (χ1v) is 8.28. The fourth-order valence-corrected chi connectivity index (χ4v) is 2.90. The molecular formula is C16H23BrN2O2. The van der Waals surface area contributed by atoms with Crippen LogP contribution in [0.5, 0.6) is 5.75 Å². The third kappa shape index (κ3) is 4.45. The lowest BCUT2D eigenvalue weighted by molar-refractivity contribution is -0.134. The number of hydrogen-bond acceptors (Lipinski definition) is 3. The molecule has 1 aromatic carbocycles. The molecule has 0 spiro atoms. The molecule has 1 heterocycles. The van der Waals surface area contributed by atoms with E-state index < -0.39 is 0 Å². The molecule has 1 aliphatic heterocycles. The molecule has 1 aliphatic rings. The summed E-state index contributed by atoms with van der Waals surface area (Å²) in [4.78, 5) is 14.1. The van der Waals surface area contributed by atoms with Gasteiger partial charge in [0.25, 0.3) is 5.91 Å². The van der Waals surface area contributed by atoms with Gasteiger partial charge in [0, 0.05) is 29.2 Å². The van der Waals surface area contributed by atoms with Crippen molar-refractivity contribution >= 4 is 21.8 Å². The van der Waals surface area contributed by atoms with Crippen molar-refractivity contribution < 1.29 is 9.53 Å². The normalized spacial score (nSPS) is 16.6. The Balaban J connectivity index is 2.00. The quantitative estimate of drug-likeness (QED) is 0.883. The van der Waals surface area contributed by atoms with Crippen molar-refractivity contribution in [2.75, 3.05) is 26.7 Å². The Morgan fingerprint density at radius 3 is 2.76 bits per heavy atom. The molecule has 0 saturated carbocycles. The van der Waals surface area contributed by atoms with Gasteiger partial charge in [-0.2, -0.15) is 0 Å². The number of amides is 1. The van der Waals surface area contributed by atoms with Crippen molar-refractivity contribution in [1.29, 1.82) is 0 Å². The number of benzene rings is 1. The molecular weight excluding hydrogens is 332 g/mol. The second-order valence-corrected chi connectivity index (χ2v) is 6.34. The summed E-state index contributed by atoms with van der Waals surface area (Å²) in [5.41, 5.74) is 1.05. The van der Waals surface area contributed by atoms with Crippen LogP contribution < -0.4 is 10.1 Å². The number of likely N-dealkylation sites (tertiary alicyclic amines) is 1. The number of carbonyl (C=O) groups is 1. The first-order valence-electron chi connectivity index (χ1n) is 7.49. The van der Waals surface area contributed by atoms with Crippen LogP contribution in [0, 0.1) is 0 Å². The van der Waals surface area contributed by atoms with Gasteiger partial charge in [0.1, 0.15) is 5.75 Å². The minimum atomic E-state index is 0.0840. The molecule has 1 N–H and O–H groups in total. The molecule has 0 aromatic heterocycles. The minimum absolute atomic E-state index is 0.0840. The van der Waals surface area contributed by atoms with Gasteiger partial charge in [-0.1, -0.05) is 15.9 Å². The standard InChI is InChI=1S/C16H23BrN2O2/c1-12(18-2)14-10-13(17)6-7-15(14)21-11-16(20)19-8-4-3-5-9-19/h6-7,10,12,18H,3-5,8-9,11H2,1-2H3. The smallest absolute Gasteiger partial charge is 0.260 e. The number of ether oxygens (including phenoxy) is 1. The summed E-state index contributed by atoms with van der Waals surface area (Å²) in [5, 5.41) is 3.20. The summed E-state index contributed by atoms with van der Waals surface area (Å²) < 4.78 is 6.79. The Bertz CT molecular complexity index is 487. The van der Waals surface area contributed by atoms with Crippen LogP contribution in [0.1, 0.15) is 37.8 Å². The van der Waals surface area contributed by atoms with Crippen LogP contribution in [0.2, 0.25) is 0 Å². The first-order chi connectivity index (χ1) is 10.1. The maximum absolute atomic E-state index is 12.2. The largest absolute Gasteiger partial charge is 0.483 e. The van der Waals surface area contributed by atoms with Gasteiger partial charge in [0.15, 0.2) is 6.61 Å². The Labute approximate surface area is 135 Å². The van der Waals surface area contributed by atoms with E-state index >= 15 is 0 Å². The van der Waals surface area contributed by atoms with E-state index in [1.807, 2.05) is 30.1 Å². The van der Waals surface area contributed by atoms with E-state index in [1.165, 1.54) is 6.42 Å². The number of nitrogens with zero attached hydrogens (tertiary/aromatic N) is 1. The maximum atomic E-state index is 12.2. The number of rotatable bonds is 5. The molecule has 1 saturated heterocycles. The van der Waals surface area contributed by atoms with Crippen molar-refractivity contribution in [2.45, 2.75) is 32.2 Å². The number of carbonyl (C=O) groups excluding carboxylic acids is 1. The second kappa shape index (κ2) is 7.80. The monoisotopic (exact) mass is 354 g/mol. The molecule has 1 amide bonds. The van der Waals surface area contributed by atoms with Gasteiger partial charge in [-0.3, -0.25) is 4.79 Å². The van der Waals surface area contributed by atoms with E-state index in [0.29, 0.717) is 0 Å². The highest BCUT2D eigenvalue weighted by molar-refractivity contribution is 9.10. The fourth-order valence-electron chi connectivity index (χ4n) is 2.52. The van der Waals surface area contributed by atoms with Crippen molar-refractivity contribution in [3.63, 3.8) is 0 Å². The topological polar surface area (TPSA) is 41.6 Å². The summed E-state index contributed by atoms with van der Waals surface area (Å²) in [6.45, 7) is 3.91. The number of hydrogen-bond donors (Lipinski definition) is 1. The molecule has 116 valence electrons. The molecule has 1 aromatic rings. The average molecular weight is 355 g/mol. The summed E-state index contributed by atoms with van der Waals surface area (Å²) in [6.07, 6.45) is 3.43. The number of halogens is 1. The molecule has 5 heteroatoms. The van der Waals surface area contributed by atoms with Crippen molar-refractivity contribution in [3.8, 4) is 5.75 Å². The predicted molar refractivity (Wildman–Crippen MR) is 87.5 cm³/mol. The number of piperidine rings is 1. The highest BCUT2D eigenvalue weighted by Gasteiger charge is 2.18. The van der Waals surface area contributed by atoms with Gasteiger partial charge in [0.05, 0.1) is 0 Å². The lowest BCUT2D eigenvalue weighted by Crippen LogP contribution is -2.38. The van der Waals surface area contributed by atoms with Crippen LogP contribution in [0.25, 0.3) is 0 Å². The Morgan fingerprint density at radius 2 is 2.10 bits per heavy atom. The van der Waals surface area contributed by atoms with Crippen LogP contribution in [0.4, 0.5) is 0 Å². The van der Waals surface area contributed by atoms with Gasteiger partial charge < -0.3 is 15.0 Å². The van der Waals surface area contributed by atoms with Crippen LogP contribution in [-0.4, -0.2) is 37.6 Å². The Kier molecular flexibility index (Phi) is 6.06. The van der Waals surface area contributed by atoms with Gasteiger partial charge >= 0.3 is 0 Å². The SMILES string of the molecule is CNC(C)c1cc(Br)ccc1OCC(=O)N1CCCCC1. The van der Waals surface area contributed by atoms with Crippen LogP contribution in [0.3, 0.4) is 0 Å². The van der Waals surface area contributed by atoms with Gasteiger partial charge in [-0.15, -0.1) is 0 Å². The van der Waals surface area contributed by atoms with E-state index in [1.54, 1.807) is 0 Å². The van der Waals surface area contributed by atoms with Crippen LogP contribution in [-0.2, 0) is 4.79 Å². The third-order valence-corrected chi connectivity index (χ3v) is 4.42. The summed E-state index contributed by atoms with van der Waals surface area (Å²) in [7, 11) is 1.91. The van der Waals surface area contributed by atoms with E-state index in [2.05, 4.69) is 28.2 Å². The zero-order valence-electron chi connectivity index (χ0n) is 12.7. The molecule has 1 unspecified atom stereocenters. The maximum Gasteiger partial charge on any atom is 0.260 e. The second-order valence-electron chi connectivity index (χ2n) is 5.42. The molecule has 2 rings (SSSR count). The van der Waals surface area contributed by atoms with Crippen LogP contribution >= 0.6 is 15.9 Å². The first kappa shape index (κ1) is 16.3. The highest BCUT2D eigenvalue weighted by Crippen LogP contribution is 2.28. The molecule has 0 aliphatic carbocycles. The third-order valence-electron chi connectivity index (χ3n) is 3.93. The fraction of sp³-hybridized carbons (Fsp3) is 0.562. The average Bonchev–Trinajstić information content (AvgIpc) is 2.53. The molecule has 1 fully saturated rings. The van der Waals surface area contributed by atoms with E-state index in [0.717, 1.165) is 41.7 Å². The van der Waals surface area contributed by atoms with Gasteiger partial charge in [-0.05, 0) is 51.4 Å². The summed E-state index contributed by atoms with van der Waals surface area (Å²) in [5.74, 6) is 0.853. The zero-order valence-corrected chi connectivity index (χ0v) is 14.3. The predicted octanol–water partition coefficient (Wildman–Crippen LogP) is 3.12. The minimum Gasteiger partial charge on any atom is -0.483 e. The molecule has 21 heavy (non-hydrogen) atoms. The molecule has 0 radical (unpaired) electrons. The lowest BCUT2D eigenvalue weighted by Gasteiger charge is -2.27. The van der Waals surface area contributed by atoms with Crippen LogP contribution in [0.15, 0.2) is 22.7 Å². The van der Waals surface area contributed by atoms with Crippen molar-refractivity contribution in [3.05, 3.63) is 28.2 Å². The van der Waals surface area contributed by atoms with Gasteiger partial charge in [-0.25, -0.2) is 0 Å². The summed E-state index contributed by atoms with van der Waals surface area (Å²) >= 11 is 3.48. The zero-order chi connectivity index (χ0) is 15.2. The highest BCUT2D eigenvalue weighted by atomic mass is 79.9. The van der Waals surface area contributed by atoms with E-state index in [9.17, 15) is 4.79 Å². The number of nitrogens with one attached hydrogen (secondary N) is 1. The summed E-state index contributed by atoms with van der Waals surface area (Å²) in [6, 6.07) is 6.05. The lowest BCUT2D eigenvalue weighted by atomic mass is 10.1. The van der Waals surface area contributed by atoms with Crippen molar-refractivity contribution in [2.24, 2.45) is 0 Å². The Morgan fingerprint density at radius 1 is 1.38 bits per heavy atom. The van der Waals surface area contributed by atoms with Crippen molar-refractivity contribution in [1.82, 2.24) is 10.2 Å². The molecule has 4 nitrogen and oxygen atoms in total. The van der Waals surface area contributed by atoms with E-state index in [-0.39, 0.29) is 18.6 Å². The van der Waals surface area contributed by atoms with Gasteiger partial charge in [0.2, 0.25) is 0 Å². The Hall–Kier alpha value is -1.07. The van der Waals surface area contributed by atoms with E-state index in [4.69, 9.17) is 4.74 Å².